The second-order valence-corrected chi connectivity index (χ2v) is 9.77. The third kappa shape index (κ3) is 17.2. The van der Waals surface area contributed by atoms with Crippen molar-refractivity contribution in [3.8, 4) is 0 Å². The van der Waals surface area contributed by atoms with Crippen LogP contribution in [0.3, 0.4) is 0 Å². The van der Waals surface area contributed by atoms with Crippen LogP contribution in [-0.2, 0) is 9.47 Å². The van der Waals surface area contributed by atoms with E-state index in [0.29, 0.717) is 6.79 Å². The Balaban J connectivity index is 0.000000621. The fourth-order valence-corrected chi connectivity index (χ4v) is 4.53. The molecule has 0 spiro atoms. The van der Waals surface area contributed by atoms with Crippen LogP contribution in [0.4, 0.5) is 4.39 Å². The van der Waals surface area contributed by atoms with E-state index < -0.39 is 0 Å². The number of hydrogen-bond donors (Lipinski definition) is 0. The minimum Gasteiger partial charge on any atom is -0.359 e. The summed E-state index contributed by atoms with van der Waals surface area (Å²) in [4.78, 5) is 0. The number of hydrogen-bond acceptors (Lipinski definition) is 2. The summed E-state index contributed by atoms with van der Waals surface area (Å²) in [5.41, 5.74) is 0.931. The largest absolute Gasteiger partial charge is 0.359 e. The highest BCUT2D eigenvalue weighted by atomic mass is 19.1. The van der Waals surface area contributed by atoms with Crippen molar-refractivity contribution in [2.24, 2.45) is 0 Å². The fraction of sp³-hybridized carbons (Fsp3) is 0.786. The van der Waals surface area contributed by atoms with Crippen LogP contribution >= 0.6 is 0 Å². The molecule has 1 aromatic carbocycles. The zero-order valence-corrected chi connectivity index (χ0v) is 23.0. The average Bonchev–Trinajstić information content (AvgIpc) is 2.84. The molecule has 0 atom stereocenters. The number of quaternary nitrogens is 1. The SMILES string of the molecule is CCCC[N+](CCCC)(CCCC)CCCC.COCOCCCC[BH2-]c1ccccc1F. The van der Waals surface area contributed by atoms with E-state index in [-0.39, 0.29) is 13.1 Å². The molecule has 33 heavy (non-hydrogen) atoms. The summed E-state index contributed by atoms with van der Waals surface area (Å²) in [6, 6.07) is 7.09. The lowest BCUT2D eigenvalue weighted by Gasteiger charge is -2.39. The second-order valence-electron chi connectivity index (χ2n) is 9.77. The minimum atomic E-state index is -0.317. The molecule has 0 radical (unpaired) electrons. The van der Waals surface area contributed by atoms with Gasteiger partial charge in [0.25, 0.3) is 0 Å². The van der Waals surface area contributed by atoms with Crippen LogP contribution in [0.25, 0.3) is 0 Å². The zero-order valence-electron chi connectivity index (χ0n) is 23.0. The van der Waals surface area contributed by atoms with Gasteiger partial charge in [-0.1, -0.05) is 78.0 Å². The molecule has 0 aliphatic carbocycles. The first-order chi connectivity index (χ1) is 16.1. The van der Waals surface area contributed by atoms with Crippen LogP contribution in [0.5, 0.6) is 0 Å². The highest BCUT2D eigenvalue weighted by molar-refractivity contribution is 6.53. The molecule has 0 saturated heterocycles. The Morgan fingerprint density at radius 3 is 1.73 bits per heavy atom. The topological polar surface area (TPSA) is 18.5 Å². The number of benzene rings is 1. The molecule has 0 bridgehead atoms. The highest BCUT2D eigenvalue weighted by Crippen LogP contribution is 2.16. The molecule has 0 unspecified atom stereocenters. The van der Waals surface area contributed by atoms with Crippen molar-refractivity contribution in [2.45, 2.75) is 98.2 Å². The lowest BCUT2D eigenvalue weighted by Crippen LogP contribution is -2.50. The van der Waals surface area contributed by atoms with Crippen molar-refractivity contribution in [3.63, 3.8) is 0 Å². The predicted octanol–water partition coefficient (Wildman–Crippen LogP) is 6.44. The molecule has 0 aromatic heterocycles. The Morgan fingerprint density at radius 1 is 0.758 bits per heavy atom. The molecular weight excluding hydrogens is 412 g/mol. The highest BCUT2D eigenvalue weighted by Gasteiger charge is 2.24. The van der Waals surface area contributed by atoms with E-state index in [4.69, 9.17) is 9.47 Å². The second kappa shape index (κ2) is 22.9. The molecule has 1 aromatic rings. The molecule has 0 N–H and O–H groups in total. The molecule has 0 aliphatic heterocycles. The predicted molar refractivity (Wildman–Crippen MR) is 146 cm³/mol. The Bertz CT molecular complexity index is 507. The van der Waals surface area contributed by atoms with Gasteiger partial charge in [0.15, 0.2) is 0 Å². The lowest BCUT2D eigenvalue weighted by molar-refractivity contribution is -0.929. The van der Waals surface area contributed by atoms with E-state index in [1.165, 1.54) is 82.0 Å². The van der Waals surface area contributed by atoms with Crippen molar-refractivity contribution >= 4 is 12.7 Å². The van der Waals surface area contributed by atoms with Crippen molar-refractivity contribution in [1.29, 1.82) is 0 Å². The first-order valence-electron chi connectivity index (χ1n) is 14.1. The van der Waals surface area contributed by atoms with Gasteiger partial charge in [-0.15, -0.1) is 0 Å². The summed E-state index contributed by atoms with van der Waals surface area (Å²) >= 11 is 0. The van der Waals surface area contributed by atoms with E-state index in [0.717, 1.165) is 31.2 Å². The van der Waals surface area contributed by atoms with Crippen LogP contribution < -0.4 is 5.46 Å². The molecule has 0 saturated carbocycles. The van der Waals surface area contributed by atoms with Gasteiger partial charge in [0, 0.05) is 13.7 Å². The first-order valence-corrected chi connectivity index (χ1v) is 14.1. The van der Waals surface area contributed by atoms with Gasteiger partial charge in [0.1, 0.15) is 6.79 Å². The molecular formula is C28H55BFNO2. The Morgan fingerprint density at radius 2 is 1.27 bits per heavy atom. The molecule has 3 nitrogen and oxygen atoms in total. The molecule has 1 rings (SSSR count). The average molecular weight is 468 g/mol. The minimum absolute atomic E-state index is 0.0434. The lowest BCUT2D eigenvalue weighted by atomic mass is 9.66. The van der Waals surface area contributed by atoms with Crippen LogP contribution in [0.2, 0.25) is 6.32 Å². The van der Waals surface area contributed by atoms with Gasteiger partial charge < -0.3 is 14.0 Å². The van der Waals surface area contributed by atoms with Crippen LogP contribution in [0.1, 0.15) is 91.9 Å². The van der Waals surface area contributed by atoms with Gasteiger partial charge in [0.2, 0.25) is 0 Å². The zero-order chi connectivity index (χ0) is 24.6. The summed E-state index contributed by atoms with van der Waals surface area (Å²) in [5.74, 6) is -0.0434. The van der Waals surface area contributed by atoms with Crippen molar-refractivity contribution in [3.05, 3.63) is 30.1 Å². The summed E-state index contributed by atoms with van der Waals surface area (Å²) in [6.07, 6.45) is 14.3. The maximum absolute atomic E-state index is 13.3. The van der Waals surface area contributed by atoms with Gasteiger partial charge in [0.05, 0.1) is 32.0 Å². The number of ether oxygens (including phenoxy) is 2. The van der Waals surface area contributed by atoms with E-state index in [1.54, 1.807) is 19.2 Å². The van der Waals surface area contributed by atoms with Gasteiger partial charge in [-0.2, -0.15) is 11.8 Å². The summed E-state index contributed by atoms with van der Waals surface area (Å²) in [6.45, 7) is 16.1. The molecule has 0 amide bonds. The first kappa shape index (κ1) is 32.1. The number of halogens is 1. The Hall–Kier alpha value is -0.905. The van der Waals surface area contributed by atoms with Crippen LogP contribution in [0.15, 0.2) is 24.3 Å². The number of methoxy groups -OCH3 is 1. The quantitative estimate of drug-likeness (QED) is 0.0951. The van der Waals surface area contributed by atoms with Gasteiger partial charge >= 0.3 is 0 Å². The normalized spacial score (nSPS) is 11.3. The summed E-state index contributed by atoms with van der Waals surface area (Å²) in [7, 11) is 1.30. The van der Waals surface area contributed by atoms with Crippen LogP contribution in [-0.4, -0.2) is 58.5 Å². The third-order valence-corrected chi connectivity index (χ3v) is 6.74. The van der Waals surface area contributed by atoms with Gasteiger partial charge in [-0.3, -0.25) is 0 Å². The number of unbranched alkanes of at least 4 members (excludes halogenated alkanes) is 5. The third-order valence-electron chi connectivity index (χ3n) is 6.74. The number of rotatable bonds is 20. The standard InChI is InChI=1S/C16H36N.C12H19BFO2/c1-5-9-13-17(14-10-6-2,15-11-7-3)16-12-8-4;1-15-10-16-9-5-4-8-13-11-6-2-3-7-12(11)14/h5-16H2,1-4H3;2-3,6-7H,4-5,8-10,13H2,1H3/q+1;-1. The van der Waals surface area contributed by atoms with E-state index in [1.807, 2.05) is 12.1 Å². The monoisotopic (exact) mass is 467 g/mol. The van der Waals surface area contributed by atoms with Gasteiger partial charge in [-0.25, -0.2) is 4.39 Å². The Kier molecular flexibility index (Phi) is 22.2. The van der Waals surface area contributed by atoms with E-state index >= 15 is 0 Å². The van der Waals surface area contributed by atoms with Crippen molar-refractivity contribution < 1.29 is 18.3 Å². The maximum atomic E-state index is 13.3. The maximum Gasteiger partial charge on any atom is 0.146 e. The Labute approximate surface area is 206 Å². The van der Waals surface area contributed by atoms with Crippen molar-refractivity contribution in [1.82, 2.24) is 0 Å². The smallest absolute Gasteiger partial charge is 0.146 e. The number of nitrogens with zero attached hydrogens (tertiary/aromatic N) is 1. The molecule has 0 heterocycles. The van der Waals surface area contributed by atoms with Crippen molar-refractivity contribution in [2.75, 3.05) is 46.7 Å². The van der Waals surface area contributed by atoms with Crippen LogP contribution in [0, 0.1) is 5.82 Å². The fourth-order valence-electron chi connectivity index (χ4n) is 4.53. The summed E-state index contributed by atoms with van der Waals surface area (Å²) in [5, 5.41) is 0. The molecule has 194 valence electrons. The van der Waals surface area contributed by atoms with Gasteiger partial charge in [-0.05, 0) is 45.4 Å². The molecule has 5 heteroatoms. The van der Waals surface area contributed by atoms with E-state index in [2.05, 4.69) is 27.7 Å². The molecule has 0 aliphatic rings. The summed E-state index contributed by atoms with van der Waals surface area (Å²) < 4.78 is 24.6. The molecule has 0 fully saturated rings. The van der Waals surface area contributed by atoms with E-state index in [9.17, 15) is 4.39 Å².